The first-order valence-corrected chi connectivity index (χ1v) is 13.3. The van der Waals surface area contributed by atoms with Crippen molar-refractivity contribution in [3.63, 3.8) is 0 Å². The summed E-state index contributed by atoms with van der Waals surface area (Å²) in [6.45, 7) is 1.60. The Morgan fingerprint density at radius 3 is 2.84 bits per heavy atom. The van der Waals surface area contributed by atoms with Crippen LogP contribution in [0.5, 0.6) is 0 Å². The Kier molecular flexibility index (Phi) is 6.35. The summed E-state index contributed by atoms with van der Waals surface area (Å²) in [5.74, 6) is -0.322. The highest BCUT2D eigenvalue weighted by Crippen LogP contribution is 2.39. The van der Waals surface area contributed by atoms with E-state index in [9.17, 15) is 10.1 Å². The number of aliphatic hydroxyl groups is 1. The van der Waals surface area contributed by atoms with Crippen molar-refractivity contribution in [2.75, 3.05) is 6.61 Å². The highest BCUT2D eigenvalue weighted by Gasteiger charge is 2.26. The van der Waals surface area contributed by atoms with Crippen molar-refractivity contribution < 1.29 is 9.90 Å². The molecule has 1 saturated carbocycles. The van der Waals surface area contributed by atoms with E-state index in [1.165, 1.54) is 0 Å². The molecule has 192 valence electrons. The van der Waals surface area contributed by atoms with Crippen LogP contribution in [0, 0.1) is 18.3 Å². The average molecular weight is 527 g/mol. The zero-order chi connectivity index (χ0) is 26.2. The number of nitrogens with one attached hydrogen (secondary N) is 1. The van der Waals surface area contributed by atoms with E-state index in [0.29, 0.717) is 5.56 Å². The van der Waals surface area contributed by atoms with Crippen LogP contribution >= 0.6 is 11.8 Å². The summed E-state index contributed by atoms with van der Waals surface area (Å²) in [6, 6.07) is 8.76. The molecule has 0 unspecified atom stereocenters. The second kappa shape index (κ2) is 9.96. The van der Waals surface area contributed by atoms with Gasteiger partial charge >= 0.3 is 0 Å². The lowest BCUT2D eigenvalue weighted by molar-refractivity contribution is -0.124. The van der Waals surface area contributed by atoms with Crippen LogP contribution in [0.3, 0.4) is 0 Å². The van der Waals surface area contributed by atoms with Crippen molar-refractivity contribution in [3.05, 3.63) is 66.8 Å². The van der Waals surface area contributed by atoms with Crippen molar-refractivity contribution in [1.29, 1.82) is 5.26 Å². The molecule has 1 aliphatic rings. The lowest BCUT2D eigenvalue weighted by Gasteiger charge is -2.30. The highest BCUT2D eigenvalue weighted by atomic mass is 32.2. The van der Waals surface area contributed by atoms with Gasteiger partial charge in [-0.05, 0) is 50.8 Å². The van der Waals surface area contributed by atoms with Crippen LogP contribution in [0.1, 0.15) is 43.0 Å². The molecule has 0 bridgehead atoms. The van der Waals surface area contributed by atoms with Crippen LogP contribution in [0.15, 0.2) is 65.3 Å². The third-order valence-corrected chi connectivity index (χ3v) is 8.33. The number of aromatic nitrogens is 6. The van der Waals surface area contributed by atoms with Crippen LogP contribution in [-0.2, 0) is 4.79 Å². The highest BCUT2D eigenvalue weighted by molar-refractivity contribution is 7.99. The topological polar surface area (TPSA) is 126 Å². The van der Waals surface area contributed by atoms with E-state index in [-0.39, 0.29) is 18.0 Å². The second-order valence-electron chi connectivity index (χ2n) is 9.54. The number of hydrogen-bond acceptors (Lipinski definition) is 7. The molecule has 10 nitrogen and oxygen atoms in total. The maximum atomic E-state index is 11.5. The normalized spacial score (nSPS) is 17.6. The third-order valence-electron chi connectivity index (χ3n) is 7.24. The number of imidazole rings is 1. The van der Waals surface area contributed by atoms with Gasteiger partial charge in [-0.3, -0.25) is 9.48 Å². The summed E-state index contributed by atoms with van der Waals surface area (Å²) in [5.41, 5.74) is 5.34. The van der Waals surface area contributed by atoms with Gasteiger partial charge < -0.3 is 14.8 Å². The smallest absolute Gasteiger partial charge is 0.245 e. The molecule has 1 aliphatic carbocycles. The average Bonchev–Trinajstić information content (AvgIpc) is 3.67. The summed E-state index contributed by atoms with van der Waals surface area (Å²) >= 11 is 1.59. The molecule has 0 saturated heterocycles. The van der Waals surface area contributed by atoms with Crippen LogP contribution in [0.4, 0.5) is 0 Å². The molecular weight excluding hydrogens is 500 g/mol. The van der Waals surface area contributed by atoms with Gasteiger partial charge in [0.25, 0.3) is 0 Å². The lowest BCUT2D eigenvalue weighted by atomic mass is 9.91. The van der Waals surface area contributed by atoms with E-state index in [4.69, 9.17) is 10.2 Å². The molecule has 5 aromatic heterocycles. The molecular formula is C27H26N8O2S. The predicted octanol–water partition coefficient (Wildman–Crippen LogP) is 3.77. The Morgan fingerprint density at radius 1 is 1.21 bits per heavy atom. The molecule has 0 spiro atoms. The fraction of sp³-hybridized carbons (Fsp3) is 0.296. The minimum Gasteiger partial charge on any atom is -0.387 e. The second-order valence-corrected chi connectivity index (χ2v) is 10.6. The molecule has 0 aliphatic heterocycles. The van der Waals surface area contributed by atoms with E-state index in [0.717, 1.165) is 63.3 Å². The Morgan fingerprint density at radius 2 is 2.05 bits per heavy atom. The van der Waals surface area contributed by atoms with E-state index < -0.39 is 6.61 Å². The lowest BCUT2D eigenvalue weighted by Crippen LogP contribution is -2.39. The number of nitrogens with zero attached hydrogens (tertiary/aromatic N) is 7. The zero-order valence-electron chi connectivity index (χ0n) is 20.8. The Bertz CT molecular complexity index is 1690. The van der Waals surface area contributed by atoms with Crippen molar-refractivity contribution in [2.24, 2.45) is 0 Å². The largest absolute Gasteiger partial charge is 0.387 e. The number of hydrogen-bond donors (Lipinski definition) is 2. The number of amides is 1. The van der Waals surface area contributed by atoms with Crippen LogP contribution in [0.2, 0.25) is 0 Å². The summed E-state index contributed by atoms with van der Waals surface area (Å²) in [5, 5.41) is 30.9. The molecule has 11 heteroatoms. The van der Waals surface area contributed by atoms with Crippen molar-refractivity contribution >= 4 is 28.7 Å². The molecule has 6 rings (SSSR count). The summed E-state index contributed by atoms with van der Waals surface area (Å²) < 4.78 is 5.84. The number of fused-ring (bicyclic) bond motifs is 2. The first kappa shape index (κ1) is 24.2. The van der Waals surface area contributed by atoms with Crippen LogP contribution in [-0.4, -0.2) is 52.4 Å². The number of carbonyl (C=O) groups excluding carboxylic acids is 1. The maximum absolute atomic E-state index is 11.5. The summed E-state index contributed by atoms with van der Waals surface area (Å²) in [6.07, 6.45) is 14.5. The number of pyridine rings is 2. The number of nitriles is 1. The summed E-state index contributed by atoms with van der Waals surface area (Å²) in [4.78, 5) is 17.8. The molecule has 5 heterocycles. The van der Waals surface area contributed by atoms with Gasteiger partial charge in [-0.15, -0.1) is 0 Å². The molecule has 0 radical (unpaired) electrons. The van der Waals surface area contributed by atoms with Crippen LogP contribution < -0.4 is 5.32 Å². The Balaban J connectivity index is 1.33. The quantitative estimate of drug-likeness (QED) is 0.345. The molecule has 2 N–H and O–H groups in total. The molecule has 38 heavy (non-hydrogen) atoms. The summed E-state index contributed by atoms with van der Waals surface area (Å²) in [7, 11) is 0. The predicted molar refractivity (Wildman–Crippen MR) is 142 cm³/mol. The molecule has 1 amide bonds. The van der Waals surface area contributed by atoms with Crippen molar-refractivity contribution in [3.8, 4) is 17.2 Å². The minimum absolute atomic E-state index is 0.0950. The van der Waals surface area contributed by atoms with Gasteiger partial charge in [-0.25, -0.2) is 9.50 Å². The number of carbonyl (C=O) groups is 1. The first-order chi connectivity index (χ1) is 18.6. The first-order valence-electron chi connectivity index (χ1n) is 12.5. The van der Waals surface area contributed by atoms with Gasteiger partial charge in [0.1, 0.15) is 12.7 Å². The van der Waals surface area contributed by atoms with Gasteiger partial charge in [-0.1, -0.05) is 11.8 Å². The van der Waals surface area contributed by atoms with E-state index >= 15 is 0 Å². The van der Waals surface area contributed by atoms with E-state index in [2.05, 4.69) is 45.2 Å². The van der Waals surface area contributed by atoms with Gasteiger partial charge in [0.15, 0.2) is 0 Å². The fourth-order valence-corrected chi connectivity index (χ4v) is 6.46. The number of aliphatic hydroxyl groups excluding tert-OH is 1. The molecule has 0 aromatic carbocycles. The van der Waals surface area contributed by atoms with Crippen molar-refractivity contribution in [1.82, 2.24) is 34.1 Å². The van der Waals surface area contributed by atoms with Crippen LogP contribution in [0.25, 0.3) is 22.2 Å². The molecule has 5 aromatic rings. The fourth-order valence-electron chi connectivity index (χ4n) is 5.33. The monoisotopic (exact) mass is 526 g/mol. The van der Waals surface area contributed by atoms with Crippen molar-refractivity contribution in [2.45, 2.75) is 54.5 Å². The van der Waals surface area contributed by atoms with Gasteiger partial charge in [0, 0.05) is 45.0 Å². The third kappa shape index (κ3) is 4.31. The van der Waals surface area contributed by atoms with Gasteiger partial charge in [-0.2, -0.15) is 15.5 Å². The zero-order valence-corrected chi connectivity index (χ0v) is 21.6. The van der Waals surface area contributed by atoms with E-state index in [1.807, 2.05) is 35.3 Å². The Labute approximate surface area is 222 Å². The van der Waals surface area contributed by atoms with E-state index in [1.54, 1.807) is 28.8 Å². The van der Waals surface area contributed by atoms with Gasteiger partial charge in [0.05, 0.1) is 47.6 Å². The Hall–Kier alpha value is -4.14. The minimum atomic E-state index is -0.476. The standard InChI is InChI=1S/C27H26N8O2S/c1-17-22(12-31-35(17)21-6-4-20(5-7-21)32-26(37)15-36)18-9-25(27-19(10-28)11-30-34(27)14-18)38-24-3-2-8-33-16-29-13-23(24)33/h2-3,8-9,11-14,16,20-21,36H,4-7,15H2,1H3,(H,32,37)/t20-,21+. The maximum Gasteiger partial charge on any atom is 0.245 e. The number of rotatable bonds is 6. The molecule has 1 fully saturated rings. The molecule has 0 atom stereocenters. The van der Waals surface area contributed by atoms with Gasteiger partial charge in [0.2, 0.25) is 5.91 Å². The SMILES string of the molecule is Cc1c(-c2cc(Sc3cccn4cncc34)c3c(C#N)cnn3c2)cnn1[C@H]1CC[C@@H](NC(=O)CO)CC1.